The molecule has 2 aliphatic carbocycles. The smallest absolute Gasteiger partial charge is 0.0726 e. The summed E-state index contributed by atoms with van der Waals surface area (Å²) in [6, 6.07) is 11.5. The lowest BCUT2D eigenvalue weighted by atomic mass is 10.1. The van der Waals surface area contributed by atoms with Crippen LogP contribution >= 0.6 is 0 Å². The van der Waals surface area contributed by atoms with Crippen LogP contribution in [0.3, 0.4) is 0 Å². The van der Waals surface area contributed by atoms with Gasteiger partial charge in [0.05, 0.1) is 11.2 Å². The molecule has 0 bridgehead atoms. The quantitative estimate of drug-likeness (QED) is 0.880. The van der Waals surface area contributed by atoms with Crippen LogP contribution in [0.25, 0.3) is 10.9 Å². The van der Waals surface area contributed by atoms with Crippen LogP contribution in [0.1, 0.15) is 31.4 Å². The third kappa shape index (κ3) is 3.03. The second-order valence-electron chi connectivity index (χ2n) is 6.63. The standard InChI is InChI=1S/C18H23N3/c1-21(12-13-6-7-13)18-10-15(11-19-14-8-9-14)20-17-5-3-2-4-16(17)18/h2-5,10,13-14,19H,6-9,11-12H2,1H3. The summed E-state index contributed by atoms with van der Waals surface area (Å²) in [5.74, 6) is 0.898. The summed E-state index contributed by atoms with van der Waals surface area (Å²) in [5.41, 5.74) is 3.61. The van der Waals surface area contributed by atoms with Crippen molar-refractivity contribution in [2.75, 3.05) is 18.5 Å². The number of anilines is 1. The summed E-state index contributed by atoms with van der Waals surface area (Å²) in [7, 11) is 2.22. The van der Waals surface area contributed by atoms with Crippen molar-refractivity contribution >= 4 is 16.6 Å². The zero-order chi connectivity index (χ0) is 14.2. The first-order chi connectivity index (χ1) is 10.3. The average Bonchev–Trinajstić information content (AvgIpc) is 3.39. The van der Waals surface area contributed by atoms with Gasteiger partial charge in [0.1, 0.15) is 0 Å². The van der Waals surface area contributed by atoms with Crippen molar-refractivity contribution in [3.05, 3.63) is 36.0 Å². The fourth-order valence-electron chi connectivity index (χ4n) is 2.94. The third-order valence-electron chi connectivity index (χ3n) is 4.54. The number of pyridine rings is 1. The van der Waals surface area contributed by atoms with Gasteiger partial charge in [0.2, 0.25) is 0 Å². The SMILES string of the molecule is CN(CC1CC1)c1cc(CNC2CC2)nc2ccccc12. The molecule has 1 heterocycles. The Morgan fingerprint density at radius 1 is 1.19 bits per heavy atom. The van der Waals surface area contributed by atoms with Gasteiger partial charge in [-0.05, 0) is 43.7 Å². The molecule has 1 aromatic carbocycles. The number of aromatic nitrogens is 1. The molecule has 0 unspecified atom stereocenters. The normalized spacial score (nSPS) is 18.1. The van der Waals surface area contributed by atoms with Gasteiger partial charge in [0.25, 0.3) is 0 Å². The lowest BCUT2D eigenvalue weighted by molar-refractivity contribution is 0.676. The first-order valence-electron chi connectivity index (χ1n) is 8.13. The Kier molecular flexibility index (Phi) is 3.30. The van der Waals surface area contributed by atoms with Crippen LogP contribution < -0.4 is 10.2 Å². The molecule has 0 saturated heterocycles. The third-order valence-corrected chi connectivity index (χ3v) is 4.54. The maximum absolute atomic E-state index is 4.82. The van der Waals surface area contributed by atoms with Crippen LogP contribution in [-0.2, 0) is 6.54 Å². The van der Waals surface area contributed by atoms with Crippen LogP contribution in [0.5, 0.6) is 0 Å². The van der Waals surface area contributed by atoms with E-state index in [1.165, 1.54) is 49.0 Å². The minimum Gasteiger partial charge on any atom is -0.374 e. The van der Waals surface area contributed by atoms with Crippen LogP contribution in [0.15, 0.2) is 30.3 Å². The predicted octanol–water partition coefficient (Wildman–Crippen LogP) is 3.33. The highest BCUT2D eigenvalue weighted by Crippen LogP contribution is 2.33. The minimum absolute atomic E-state index is 0.728. The second kappa shape index (κ2) is 5.30. The molecule has 0 spiro atoms. The molecule has 3 heteroatoms. The van der Waals surface area contributed by atoms with Crippen LogP contribution in [0, 0.1) is 5.92 Å². The Labute approximate surface area is 126 Å². The number of nitrogens with zero attached hydrogens (tertiary/aromatic N) is 2. The largest absolute Gasteiger partial charge is 0.374 e. The highest BCUT2D eigenvalue weighted by atomic mass is 15.1. The molecule has 2 aromatic rings. The van der Waals surface area contributed by atoms with Crippen molar-refractivity contribution in [3.8, 4) is 0 Å². The van der Waals surface area contributed by atoms with Gasteiger partial charge in [-0.1, -0.05) is 18.2 Å². The molecule has 110 valence electrons. The van der Waals surface area contributed by atoms with Gasteiger partial charge < -0.3 is 10.2 Å². The Balaban J connectivity index is 1.66. The van der Waals surface area contributed by atoms with Crippen LogP contribution in [0.4, 0.5) is 5.69 Å². The zero-order valence-corrected chi connectivity index (χ0v) is 12.7. The molecule has 2 aliphatic rings. The average molecular weight is 281 g/mol. The Bertz CT molecular complexity index is 644. The van der Waals surface area contributed by atoms with E-state index in [9.17, 15) is 0 Å². The van der Waals surface area contributed by atoms with Crippen molar-refractivity contribution < 1.29 is 0 Å². The van der Waals surface area contributed by atoms with Gasteiger partial charge in [0.15, 0.2) is 0 Å². The number of benzene rings is 1. The molecular weight excluding hydrogens is 258 g/mol. The molecule has 21 heavy (non-hydrogen) atoms. The molecule has 1 aromatic heterocycles. The molecule has 0 aliphatic heterocycles. The summed E-state index contributed by atoms with van der Waals surface area (Å²) in [6.45, 7) is 2.06. The van der Waals surface area contributed by atoms with E-state index < -0.39 is 0 Å². The van der Waals surface area contributed by atoms with E-state index in [2.05, 4.69) is 47.6 Å². The number of fused-ring (bicyclic) bond motifs is 1. The molecule has 0 atom stereocenters. The lowest BCUT2D eigenvalue weighted by Crippen LogP contribution is -2.21. The van der Waals surface area contributed by atoms with Crippen LogP contribution in [0.2, 0.25) is 0 Å². The molecule has 1 N–H and O–H groups in total. The molecule has 3 nitrogen and oxygen atoms in total. The van der Waals surface area contributed by atoms with Gasteiger partial charge in [-0.25, -0.2) is 0 Å². The van der Waals surface area contributed by atoms with E-state index >= 15 is 0 Å². The van der Waals surface area contributed by atoms with Gasteiger partial charge in [0, 0.05) is 37.3 Å². The van der Waals surface area contributed by atoms with E-state index in [0.717, 1.165) is 24.0 Å². The monoisotopic (exact) mass is 281 g/mol. The predicted molar refractivity (Wildman–Crippen MR) is 87.6 cm³/mol. The maximum atomic E-state index is 4.82. The van der Waals surface area contributed by atoms with Crippen molar-refractivity contribution in [3.63, 3.8) is 0 Å². The summed E-state index contributed by atoms with van der Waals surface area (Å²) in [4.78, 5) is 7.24. The first kappa shape index (κ1) is 13.1. The first-order valence-corrected chi connectivity index (χ1v) is 8.13. The molecule has 2 saturated carbocycles. The maximum Gasteiger partial charge on any atom is 0.0726 e. The van der Waals surface area contributed by atoms with E-state index in [0.29, 0.717) is 0 Å². The lowest BCUT2D eigenvalue weighted by Gasteiger charge is -2.22. The Morgan fingerprint density at radius 2 is 2.00 bits per heavy atom. The van der Waals surface area contributed by atoms with Gasteiger partial charge >= 0.3 is 0 Å². The number of hydrogen-bond donors (Lipinski definition) is 1. The molecule has 2 fully saturated rings. The fourth-order valence-corrected chi connectivity index (χ4v) is 2.94. The number of rotatable bonds is 6. The van der Waals surface area contributed by atoms with Crippen molar-refractivity contribution in [2.45, 2.75) is 38.3 Å². The summed E-state index contributed by atoms with van der Waals surface area (Å²) in [6.07, 6.45) is 5.43. The van der Waals surface area contributed by atoms with Gasteiger partial charge in [-0.2, -0.15) is 0 Å². The van der Waals surface area contributed by atoms with Gasteiger partial charge in [-0.15, -0.1) is 0 Å². The van der Waals surface area contributed by atoms with E-state index in [1.807, 2.05) is 0 Å². The van der Waals surface area contributed by atoms with Crippen LogP contribution in [-0.4, -0.2) is 24.6 Å². The summed E-state index contributed by atoms with van der Waals surface area (Å²) < 4.78 is 0. The fraction of sp³-hybridized carbons (Fsp3) is 0.500. The summed E-state index contributed by atoms with van der Waals surface area (Å²) >= 11 is 0. The van der Waals surface area contributed by atoms with Crippen molar-refractivity contribution in [1.29, 1.82) is 0 Å². The van der Waals surface area contributed by atoms with E-state index in [-0.39, 0.29) is 0 Å². The number of para-hydroxylation sites is 1. The van der Waals surface area contributed by atoms with E-state index in [1.54, 1.807) is 0 Å². The van der Waals surface area contributed by atoms with Crippen molar-refractivity contribution in [2.24, 2.45) is 5.92 Å². The number of nitrogens with one attached hydrogen (secondary N) is 1. The summed E-state index contributed by atoms with van der Waals surface area (Å²) in [5, 5.41) is 4.85. The Hall–Kier alpha value is -1.61. The van der Waals surface area contributed by atoms with E-state index in [4.69, 9.17) is 4.98 Å². The van der Waals surface area contributed by atoms with Crippen molar-refractivity contribution in [1.82, 2.24) is 10.3 Å². The Morgan fingerprint density at radius 3 is 2.76 bits per heavy atom. The number of hydrogen-bond acceptors (Lipinski definition) is 3. The molecule has 4 rings (SSSR count). The highest BCUT2D eigenvalue weighted by molar-refractivity contribution is 5.91. The minimum atomic E-state index is 0.728. The second-order valence-corrected chi connectivity index (χ2v) is 6.63. The molecule has 0 amide bonds. The topological polar surface area (TPSA) is 28.2 Å². The molecular formula is C18H23N3. The highest BCUT2D eigenvalue weighted by Gasteiger charge is 2.24. The zero-order valence-electron chi connectivity index (χ0n) is 12.7. The van der Waals surface area contributed by atoms with Gasteiger partial charge in [-0.3, -0.25) is 4.98 Å². The molecule has 0 radical (unpaired) electrons.